The normalized spacial score (nSPS) is 12.6. The Morgan fingerprint density at radius 1 is 1.31 bits per heavy atom. The van der Waals surface area contributed by atoms with Gasteiger partial charge in [0.1, 0.15) is 0 Å². The van der Waals surface area contributed by atoms with Gasteiger partial charge >= 0.3 is 0 Å². The first-order chi connectivity index (χ1) is 7.81. The van der Waals surface area contributed by atoms with Gasteiger partial charge in [0.2, 0.25) is 5.82 Å². The van der Waals surface area contributed by atoms with Gasteiger partial charge in [-0.15, -0.1) is 10.2 Å². The maximum atomic E-state index is 4.35. The van der Waals surface area contributed by atoms with E-state index in [1.54, 1.807) is 4.80 Å². The highest BCUT2D eigenvalue weighted by Crippen LogP contribution is 2.12. The molecule has 0 saturated carbocycles. The quantitative estimate of drug-likeness (QED) is 0.833. The number of nitrogens with zero attached hydrogens (tertiary/aromatic N) is 4. The van der Waals surface area contributed by atoms with Gasteiger partial charge in [0.05, 0.1) is 6.04 Å². The largest absolute Gasteiger partial charge is 0.318 e. The molecular weight excluding hydrogens is 202 g/mol. The summed E-state index contributed by atoms with van der Waals surface area (Å²) in [7, 11) is 1.91. The minimum Gasteiger partial charge on any atom is -0.318 e. The molecule has 0 aliphatic heterocycles. The molecule has 16 heavy (non-hydrogen) atoms. The van der Waals surface area contributed by atoms with Crippen LogP contribution in [-0.4, -0.2) is 33.8 Å². The summed E-state index contributed by atoms with van der Waals surface area (Å²) >= 11 is 0. The molecule has 84 valence electrons. The van der Waals surface area contributed by atoms with Crippen molar-refractivity contribution in [2.75, 3.05) is 13.6 Å². The lowest BCUT2D eigenvalue weighted by atomic mass is 10.2. The topological polar surface area (TPSA) is 55.6 Å². The van der Waals surface area contributed by atoms with Crippen LogP contribution in [0.1, 0.15) is 13.0 Å². The molecule has 0 radical (unpaired) electrons. The molecule has 0 amide bonds. The van der Waals surface area contributed by atoms with Crippen molar-refractivity contribution in [2.45, 2.75) is 13.0 Å². The fraction of sp³-hybridized carbons (Fsp3) is 0.364. The van der Waals surface area contributed by atoms with E-state index in [0.29, 0.717) is 5.82 Å². The number of rotatable bonds is 4. The zero-order valence-electron chi connectivity index (χ0n) is 9.46. The highest BCUT2D eigenvalue weighted by molar-refractivity contribution is 5.52. The Morgan fingerprint density at radius 2 is 2.06 bits per heavy atom. The lowest BCUT2D eigenvalue weighted by molar-refractivity contribution is 0.412. The Balaban J connectivity index is 2.20. The number of nitrogens with one attached hydrogen (secondary N) is 1. The Morgan fingerprint density at radius 3 is 2.75 bits per heavy atom. The summed E-state index contributed by atoms with van der Waals surface area (Å²) in [6.45, 7) is 2.87. The maximum absolute atomic E-state index is 4.35. The minimum atomic E-state index is 0.204. The Kier molecular flexibility index (Phi) is 3.26. The Hall–Kier alpha value is -1.75. The monoisotopic (exact) mass is 217 g/mol. The van der Waals surface area contributed by atoms with Crippen LogP contribution in [0.15, 0.2) is 30.3 Å². The van der Waals surface area contributed by atoms with E-state index in [1.807, 2.05) is 44.3 Å². The zero-order chi connectivity index (χ0) is 11.4. The Labute approximate surface area is 94.5 Å². The molecule has 0 saturated heterocycles. The van der Waals surface area contributed by atoms with Crippen molar-refractivity contribution in [3.8, 4) is 11.4 Å². The van der Waals surface area contributed by atoms with E-state index in [9.17, 15) is 0 Å². The van der Waals surface area contributed by atoms with Crippen molar-refractivity contribution in [3.05, 3.63) is 30.3 Å². The summed E-state index contributed by atoms with van der Waals surface area (Å²) < 4.78 is 0. The van der Waals surface area contributed by atoms with E-state index < -0.39 is 0 Å². The molecule has 0 spiro atoms. The highest BCUT2D eigenvalue weighted by Gasteiger charge is 2.09. The van der Waals surface area contributed by atoms with Crippen molar-refractivity contribution < 1.29 is 0 Å². The van der Waals surface area contributed by atoms with Gasteiger partial charge in [-0.3, -0.25) is 0 Å². The van der Waals surface area contributed by atoms with Crippen LogP contribution in [-0.2, 0) is 0 Å². The van der Waals surface area contributed by atoms with Gasteiger partial charge in [-0.25, -0.2) is 0 Å². The Bertz CT molecular complexity index is 437. The van der Waals surface area contributed by atoms with Crippen LogP contribution in [0.2, 0.25) is 0 Å². The van der Waals surface area contributed by atoms with E-state index in [0.717, 1.165) is 12.1 Å². The van der Waals surface area contributed by atoms with E-state index >= 15 is 0 Å². The second kappa shape index (κ2) is 4.85. The summed E-state index contributed by atoms with van der Waals surface area (Å²) in [5.41, 5.74) is 0.991. The van der Waals surface area contributed by atoms with Gasteiger partial charge in [0.25, 0.3) is 0 Å². The zero-order valence-corrected chi connectivity index (χ0v) is 9.46. The third-order valence-corrected chi connectivity index (χ3v) is 2.35. The van der Waals surface area contributed by atoms with Gasteiger partial charge in [-0.1, -0.05) is 30.3 Å². The third-order valence-electron chi connectivity index (χ3n) is 2.35. The molecule has 0 fully saturated rings. The summed E-state index contributed by atoms with van der Waals surface area (Å²) in [5, 5.41) is 15.5. The van der Waals surface area contributed by atoms with Gasteiger partial charge in [0.15, 0.2) is 0 Å². The molecule has 1 unspecified atom stereocenters. The van der Waals surface area contributed by atoms with Crippen LogP contribution in [0, 0.1) is 0 Å². The summed E-state index contributed by atoms with van der Waals surface area (Å²) in [6.07, 6.45) is 0. The van der Waals surface area contributed by atoms with Crippen LogP contribution < -0.4 is 5.32 Å². The molecular formula is C11H15N5. The number of hydrogen-bond donors (Lipinski definition) is 1. The summed E-state index contributed by atoms with van der Waals surface area (Å²) in [4.78, 5) is 1.64. The van der Waals surface area contributed by atoms with Crippen LogP contribution in [0.25, 0.3) is 11.4 Å². The van der Waals surface area contributed by atoms with Crippen molar-refractivity contribution in [1.82, 2.24) is 25.5 Å². The molecule has 1 aromatic heterocycles. The molecule has 1 atom stereocenters. The third kappa shape index (κ3) is 2.25. The van der Waals surface area contributed by atoms with Gasteiger partial charge in [0, 0.05) is 12.1 Å². The second-order valence-corrected chi connectivity index (χ2v) is 3.71. The predicted molar refractivity (Wildman–Crippen MR) is 61.9 cm³/mol. The predicted octanol–water partition coefficient (Wildman–Crippen LogP) is 1.12. The molecule has 2 rings (SSSR count). The van der Waals surface area contributed by atoms with Crippen molar-refractivity contribution in [1.29, 1.82) is 0 Å². The maximum Gasteiger partial charge on any atom is 0.204 e. The standard InChI is InChI=1S/C11H15N5/c1-9(8-12-2)16-14-11(13-15-16)10-6-4-3-5-7-10/h3-7,9,12H,8H2,1-2H3. The van der Waals surface area contributed by atoms with Crippen molar-refractivity contribution in [3.63, 3.8) is 0 Å². The molecule has 0 bridgehead atoms. The highest BCUT2D eigenvalue weighted by atomic mass is 15.6. The van der Waals surface area contributed by atoms with Crippen molar-refractivity contribution in [2.24, 2.45) is 0 Å². The first-order valence-electron chi connectivity index (χ1n) is 5.31. The fourth-order valence-corrected chi connectivity index (χ4v) is 1.49. The molecule has 0 aliphatic rings. The van der Waals surface area contributed by atoms with E-state index in [4.69, 9.17) is 0 Å². The number of benzene rings is 1. The molecule has 0 aliphatic carbocycles. The first kappa shape index (κ1) is 10.8. The fourth-order valence-electron chi connectivity index (χ4n) is 1.49. The van der Waals surface area contributed by atoms with Crippen LogP contribution >= 0.6 is 0 Å². The number of hydrogen-bond acceptors (Lipinski definition) is 4. The van der Waals surface area contributed by atoms with Gasteiger partial charge in [-0.05, 0) is 19.2 Å². The van der Waals surface area contributed by atoms with Crippen LogP contribution in [0.5, 0.6) is 0 Å². The average molecular weight is 217 g/mol. The molecule has 1 heterocycles. The molecule has 1 N–H and O–H groups in total. The smallest absolute Gasteiger partial charge is 0.204 e. The van der Waals surface area contributed by atoms with Crippen molar-refractivity contribution >= 4 is 0 Å². The second-order valence-electron chi connectivity index (χ2n) is 3.71. The van der Waals surface area contributed by atoms with Gasteiger partial charge in [-0.2, -0.15) is 4.80 Å². The lowest BCUT2D eigenvalue weighted by Gasteiger charge is -2.07. The van der Waals surface area contributed by atoms with E-state index in [1.165, 1.54) is 0 Å². The molecule has 5 nitrogen and oxygen atoms in total. The van der Waals surface area contributed by atoms with E-state index in [2.05, 4.69) is 20.7 Å². The minimum absolute atomic E-state index is 0.204. The lowest BCUT2D eigenvalue weighted by Crippen LogP contribution is -2.21. The molecule has 5 heteroatoms. The SMILES string of the molecule is CNCC(C)n1nnc(-c2ccccc2)n1. The molecule has 1 aromatic carbocycles. The summed E-state index contributed by atoms with van der Waals surface area (Å²) in [6, 6.07) is 10.1. The van der Waals surface area contributed by atoms with Gasteiger partial charge < -0.3 is 5.32 Å². The first-order valence-corrected chi connectivity index (χ1v) is 5.31. The molecule has 2 aromatic rings. The average Bonchev–Trinajstić information content (AvgIpc) is 2.80. The summed E-state index contributed by atoms with van der Waals surface area (Å²) in [5.74, 6) is 0.670. The number of tetrazole rings is 1. The van der Waals surface area contributed by atoms with Crippen LogP contribution in [0.3, 0.4) is 0 Å². The van der Waals surface area contributed by atoms with E-state index in [-0.39, 0.29) is 6.04 Å². The number of likely N-dealkylation sites (N-methyl/N-ethyl adjacent to an activating group) is 1. The van der Waals surface area contributed by atoms with Crippen LogP contribution in [0.4, 0.5) is 0 Å². The number of aromatic nitrogens is 4.